The molecule has 0 aliphatic carbocycles. The van der Waals surface area contributed by atoms with Crippen LogP contribution >= 0.6 is 0 Å². The fraction of sp³-hybridized carbons (Fsp3) is 0.148. The van der Waals surface area contributed by atoms with E-state index in [9.17, 15) is 4.79 Å². The molecule has 0 saturated heterocycles. The van der Waals surface area contributed by atoms with E-state index in [1.54, 1.807) is 18.7 Å². The smallest absolute Gasteiger partial charge is 0.343 e. The zero-order valence-electron chi connectivity index (χ0n) is 20.1. The minimum atomic E-state index is -0.501. The molecule has 0 fully saturated rings. The minimum absolute atomic E-state index is 0.236. The maximum atomic E-state index is 12.8. The van der Waals surface area contributed by atoms with Crippen molar-refractivity contribution in [3.63, 3.8) is 0 Å². The maximum Gasteiger partial charge on any atom is 0.343 e. The van der Waals surface area contributed by atoms with Crippen molar-refractivity contribution >= 4 is 28.5 Å². The van der Waals surface area contributed by atoms with Crippen LogP contribution in [0, 0.1) is 6.92 Å². The zero-order valence-corrected chi connectivity index (χ0v) is 20.1. The number of fused-ring (bicyclic) bond motifs is 1. The van der Waals surface area contributed by atoms with Crippen molar-refractivity contribution in [2.24, 2.45) is 0 Å². The number of anilines is 2. The number of methoxy groups -OCH3 is 1. The van der Waals surface area contributed by atoms with E-state index in [1.165, 1.54) is 12.5 Å². The molecule has 1 N–H and O–H groups in total. The molecular formula is C27H24N6O3. The van der Waals surface area contributed by atoms with Gasteiger partial charge in [-0.2, -0.15) is 9.78 Å². The molecule has 3 aromatic heterocycles. The summed E-state index contributed by atoms with van der Waals surface area (Å²) in [6.07, 6.45) is 2.93. The van der Waals surface area contributed by atoms with E-state index in [-0.39, 0.29) is 12.2 Å². The number of nitrogens with zero attached hydrogens (tertiary/aromatic N) is 5. The van der Waals surface area contributed by atoms with E-state index >= 15 is 0 Å². The Kier molecular flexibility index (Phi) is 6.27. The van der Waals surface area contributed by atoms with Gasteiger partial charge in [-0.05, 0) is 31.5 Å². The second kappa shape index (κ2) is 9.83. The lowest BCUT2D eigenvalue weighted by Gasteiger charge is -2.14. The van der Waals surface area contributed by atoms with Crippen molar-refractivity contribution in [3.8, 4) is 22.8 Å². The van der Waals surface area contributed by atoms with E-state index in [0.29, 0.717) is 28.7 Å². The van der Waals surface area contributed by atoms with E-state index in [0.717, 1.165) is 22.2 Å². The fourth-order valence-electron chi connectivity index (χ4n) is 3.96. The lowest BCUT2D eigenvalue weighted by atomic mass is 10.1. The van der Waals surface area contributed by atoms with Gasteiger partial charge in [-0.3, -0.25) is 0 Å². The van der Waals surface area contributed by atoms with Crippen LogP contribution in [0.5, 0.6) is 5.75 Å². The van der Waals surface area contributed by atoms with Crippen LogP contribution in [0.1, 0.15) is 22.8 Å². The Balaban J connectivity index is 1.63. The highest BCUT2D eigenvalue weighted by molar-refractivity contribution is 5.96. The summed E-state index contributed by atoms with van der Waals surface area (Å²) in [5.74, 6) is 1.53. The summed E-state index contributed by atoms with van der Waals surface area (Å²) in [6, 6.07) is 19.3. The van der Waals surface area contributed by atoms with Gasteiger partial charge in [0.05, 0.1) is 25.6 Å². The number of nitrogens with one attached hydrogen (secondary N) is 1. The van der Waals surface area contributed by atoms with Crippen LogP contribution in [0.3, 0.4) is 0 Å². The first-order valence-corrected chi connectivity index (χ1v) is 11.4. The molecule has 0 radical (unpaired) electrons. The van der Waals surface area contributed by atoms with Crippen molar-refractivity contribution < 1.29 is 14.3 Å². The van der Waals surface area contributed by atoms with Gasteiger partial charge in [0.15, 0.2) is 11.6 Å². The maximum absolute atomic E-state index is 12.8. The van der Waals surface area contributed by atoms with Crippen LogP contribution in [0.25, 0.3) is 28.0 Å². The molecule has 180 valence electrons. The van der Waals surface area contributed by atoms with E-state index in [2.05, 4.69) is 20.4 Å². The second-order valence-corrected chi connectivity index (χ2v) is 7.97. The van der Waals surface area contributed by atoms with Crippen molar-refractivity contribution in [2.45, 2.75) is 13.8 Å². The van der Waals surface area contributed by atoms with Gasteiger partial charge in [-0.25, -0.2) is 19.7 Å². The SMILES string of the molecule is CCOC(=O)c1cnn(-c2cc(C)c3cccc(OC)c3n2)c1Nc1cc(-c2ccccc2)ncn1. The Bertz CT molecular complexity index is 1550. The molecule has 3 heterocycles. The molecule has 0 saturated carbocycles. The number of hydrogen-bond donors (Lipinski definition) is 1. The number of carbonyl (C=O) groups excluding carboxylic acids is 1. The van der Waals surface area contributed by atoms with Gasteiger partial charge in [0.1, 0.15) is 29.0 Å². The van der Waals surface area contributed by atoms with Crippen molar-refractivity contribution in [3.05, 3.63) is 84.3 Å². The van der Waals surface area contributed by atoms with E-state index < -0.39 is 5.97 Å². The van der Waals surface area contributed by atoms with Crippen LogP contribution in [-0.4, -0.2) is 44.4 Å². The molecule has 9 heteroatoms. The molecule has 0 aliphatic rings. The molecule has 2 aromatic carbocycles. The summed E-state index contributed by atoms with van der Waals surface area (Å²) in [5.41, 5.74) is 3.63. The highest BCUT2D eigenvalue weighted by atomic mass is 16.5. The number of benzene rings is 2. The van der Waals surface area contributed by atoms with E-state index in [1.807, 2.05) is 67.6 Å². The van der Waals surface area contributed by atoms with Crippen molar-refractivity contribution in [2.75, 3.05) is 19.0 Å². The van der Waals surface area contributed by atoms with Gasteiger partial charge in [0, 0.05) is 17.0 Å². The molecule has 0 unspecified atom stereocenters. The van der Waals surface area contributed by atoms with E-state index in [4.69, 9.17) is 14.5 Å². The molecule has 0 bridgehead atoms. The van der Waals surface area contributed by atoms with Crippen LogP contribution in [-0.2, 0) is 4.74 Å². The predicted molar refractivity (Wildman–Crippen MR) is 137 cm³/mol. The molecule has 0 amide bonds. The summed E-state index contributed by atoms with van der Waals surface area (Å²) in [6.45, 7) is 3.98. The third kappa shape index (κ3) is 4.34. The first kappa shape index (κ1) is 23.0. The van der Waals surface area contributed by atoms with Gasteiger partial charge < -0.3 is 14.8 Å². The summed E-state index contributed by atoms with van der Waals surface area (Å²) in [4.78, 5) is 26.3. The molecule has 9 nitrogen and oxygen atoms in total. The Morgan fingerprint density at radius 2 is 1.89 bits per heavy atom. The standard InChI is InChI=1S/C27H24N6O3/c1-4-36-27(34)20-15-30-33(24-13-17(2)19-11-8-12-22(35-3)25(19)32-24)26(20)31-23-14-21(28-16-29-23)18-9-6-5-7-10-18/h5-16H,4H2,1-3H3,(H,28,29,31). The summed E-state index contributed by atoms with van der Waals surface area (Å²) < 4.78 is 12.4. The van der Waals surface area contributed by atoms with Gasteiger partial charge in [-0.15, -0.1) is 0 Å². The van der Waals surface area contributed by atoms with Crippen LogP contribution in [0.2, 0.25) is 0 Å². The molecule has 5 rings (SSSR count). The van der Waals surface area contributed by atoms with Crippen LogP contribution < -0.4 is 10.1 Å². The highest BCUT2D eigenvalue weighted by Crippen LogP contribution is 2.30. The van der Waals surface area contributed by atoms with Crippen LogP contribution in [0.15, 0.2) is 73.2 Å². The number of esters is 1. The molecule has 0 atom stereocenters. The number of carbonyl (C=O) groups is 1. The van der Waals surface area contributed by atoms with Gasteiger partial charge in [-0.1, -0.05) is 42.5 Å². The molecule has 0 aliphatic heterocycles. The molecular weight excluding hydrogens is 456 g/mol. The Labute approximate surface area is 207 Å². The monoisotopic (exact) mass is 480 g/mol. The first-order chi connectivity index (χ1) is 17.6. The second-order valence-electron chi connectivity index (χ2n) is 7.97. The quantitative estimate of drug-likeness (QED) is 0.320. The number of rotatable bonds is 7. The predicted octanol–water partition coefficient (Wildman–Crippen LogP) is 5.11. The highest BCUT2D eigenvalue weighted by Gasteiger charge is 2.22. The largest absolute Gasteiger partial charge is 0.494 e. The Morgan fingerprint density at radius 3 is 2.67 bits per heavy atom. The average Bonchev–Trinajstić information content (AvgIpc) is 3.32. The number of hydrogen-bond acceptors (Lipinski definition) is 8. The fourth-order valence-corrected chi connectivity index (χ4v) is 3.96. The van der Waals surface area contributed by atoms with Crippen molar-refractivity contribution in [1.82, 2.24) is 24.7 Å². The van der Waals surface area contributed by atoms with Gasteiger partial charge in [0.25, 0.3) is 0 Å². The summed E-state index contributed by atoms with van der Waals surface area (Å²) >= 11 is 0. The molecule has 0 spiro atoms. The minimum Gasteiger partial charge on any atom is -0.494 e. The number of pyridine rings is 1. The molecule has 5 aromatic rings. The summed E-state index contributed by atoms with van der Waals surface area (Å²) in [5, 5.41) is 8.69. The Morgan fingerprint density at radius 1 is 1.06 bits per heavy atom. The number of aromatic nitrogens is 5. The van der Waals surface area contributed by atoms with Gasteiger partial charge >= 0.3 is 5.97 Å². The average molecular weight is 481 g/mol. The Hall–Kier alpha value is -4.79. The first-order valence-electron chi connectivity index (χ1n) is 11.4. The zero-order chi connectivity index (χ0) is 25.1. The summed E-state index contributed by atoms with van der Waals surface area (Å²) in [7, 11) is 1.61. The van der Waals surface area contributed by atoms with Crippen LogP contribution in [0.4, 0.5) is 11.6 Å². The van der Waals surface area contributed by atoms with Gasteiger partial charge in [0.2, 0.25) is 0 Å². The third-order valence-corrected chi connectivity index (χ3v) is 5.68. The molecule has 36 heavy (non-hydrogen) atoms. The lowest BCUT2D eigenvalue weighted by Crippen LogP contribution is -2.11. The number of aryl methyl sites for hydroxylation is 1. The number of ether oxygens (including phenoxy) is 2. The third-order valence-electron chi connectivity index (χ3n) is 5.68. The topological polar surface area (TPSA) is 104 Å². The van der Waals surface area contributed by atoms with Crippen molar-refractivity contribution in [1.29, 1.82) is 0 Å². The normalized spacial score (nSPS) is 10.9. The number of para-hydroxylation sites is 1. The lowest BCUT2D eigenvalue weighted by molar-refractivity contribution is 0.0527.